The van der Waals surface area contributed by atoms with Gasteiger partial charge in [-0.05, 0) is 43.7 Å². The maximum Gasteiger partial charge on any atom is 0.338 e. The summed E-state index contributed by atoms with van der Waals surface area (Å²) in [5, 5.41) is 2.53. The van der Waals surface area contributed by atoms with E-state index in [9.17, 15) is 22.8 Å². The number of sulfonamides is 1. The van der Waals surface area contributed by atoms with E-state index in [1.54, 1.807) is 45.0 Å². The highest BCUT2D eigenvalue weighted by Gasteiger charge is 2.25. The quantitative estimate of drug-likeness (QED) is 0.468. The molecule has 0 saturated heterocycles. The monoisotopic (exact) mass is 446 g/mol. The number of hydrogen-bond donors (Lipinski definition) is 1. The minimum atomic E-state index is -3.76. The first kappa shape index (κ1) is 24.2. The molecule has 0 spiro atoms. The van der Waals surface area contributed by atoms with Crippen molar-refractivity contribution in [2.75, 3.05) is 25.0 Å². The van der Waals surface area contributed by atoms with Crippen molar-refractivity contribution >= 4 is 33.4 Å². The predicted octanol–water partition coefficient (Wildman–Crippen LogP) is 3.02. The molecule has 166 valence electrons. The van der Waals surface area contributed by atoms with E-state index >= 15 is 0 Å². The summed E-state index contributed by atoms with van der Waals surface area (Å²) in [6.07, 6.45) is 0. The highest BCUT2D eigenvalue weighted by molar-refractivity contribution is 7.89. The summed E-state index contributed by atoms with van der Waals surface area (Å²) >= 11 is 0. The van der Waals surface area contributed by atoms with Crippen molar-refractivity contribution in [1.29, 1.82) is 0 Å². The summed E-state index contributed by atoms with van der Waals surface area (Å²) < 4.78 is 32.0. The summed E-state index contributed by atoms with van der Waals surface area (Å²) in [6.45, 7) is 6.51. The molecule has 0 heterocycles. The van der Waals surface area contributed by atoms with E-state index in [0.717, 1.165) is 0 Å². The summed E-state index contributed by atoms with van der Waals surface area (Å²) in [7, 11) is -3.76. The number of ketones is 1. The number of carbonyl (C=O) groups excluding carboxylic acids is 3. The van der Waals surface area contributed by atoms with Crippen LogP contribution < -0.4 is 5.32 Å². The van der Waals surface area contributed by atoms with Gasteiger partial charge in [0.1, 0.15) is 0 Å². The molecular weight excluding hydrogens is 420 g/mol. The van der Waals surface area contributed by atoms with Crippen LogP contribution in [0.4, 0.5) is 5.69 Å². The fourth-order valence-corrected chi connectivity index (χ4v) is 4.72. The van der Waals surface area contributed by atoms with Crippen LogP contribution in [0.2, 0.25) is 0 Å². The number of anilines is 1. The van der Waals surface area contributed by atoms with Crippen molar-refractivity contribution in [3.8, 4) is 0 Å². The molecule has 0 bridgehead atoms. The summed E-state index contributed by atoms with van der Waals surface area (Å²) in [6, 6.07) is 10.7. The predicted molar refractivity (Wildman–Crippen MR) is 117 cm³/mol. The molecule has 0 aliphatic carbocycles. The van der Waals surface area contributed by atoms with Gasteiger partial charge in [0.15, 0.2) is 12.4 Å². The zero-order valence-electron chi connectivity index (χ0n) is 18.0. The van der Waals surface area contributed by atoms with Crippen LogP contribution in [0.25, 0.3) is 0 Å². The van der Waals surface area contributed by atoms with E-state index in [1.165, 1.54) is 29.4 Å². The number of hydrogen-bond acceptors (Lipinski definition) is 6. The van der Waals surface area contributed by atoms with E-state index in [2.05, 4.69) is 5.32 Å². The Morgan fingerprint density at radius 2 is 1.68 bits per heavy atom. The molecule has 0 radical (unpaired) electrons. The van der Waals surface area contributed by atoms with E-state index in [0.29, 0.717) is 29.9 Å². The Labute approximate surface area is 182 Å². The molecule has 0 unspecified atom stereocenters. The van der Waals surface area contributed by atoms with Gasteiger partial charge in [-0.15, -0.1) is 0 Å². The molecule has 1 amide bonds. The van der Waals surface area contributed by atoms with Crippen molar-refractivity contribution in [2.24, 2.45) is 0 Å². The van der Waals surface area contributed by atoms with Gasteiger partial charge in [0.2, 0.25) is 10.0 Å². The van der Waals surface area contributed by atoms with Gasteiger partial charge < -0.3 is 10.1 Å². The van der Waals surface area contributed by atoms with Crippen LogP contribution in [-0.4, -0.2) is 50.1 Å². The first-order chi connectivity index (χ1) is 14.6. The second-order valence-corrected chi connectivity index (χ2v) is 8.70. The molecule has 1 N–H and O–H groups in total. The fraction of sp³-hybridized carbons (Fsp3) is 0.318. The Morgan fingerprint density at radius 3 is 2.29 bits per heavy atom. The van der Waals surface area contributed by atoms with Crippen molar-refractivity contribution in [2.45, 2.75) is 32.6 Å². The first-order valence-corrected chi connectivity index (χ1v) is 11.2. The number of aryl methyl sites for hydroxylation is 1. The molecule has 0 aliphatic heterocycles. The standard InChI is InChI=1S/C22H26N2O6S/c1-5-24(6-2)31(28,29)20-13-17(12-11-15(20)3)22(27)30-14-21(26)23-19-10-8-7-9-18(19)16(4)25/h7-13H,5-6,14H2,1-4H3,(H,23,26). The fourth-order valence-electron chi connectivity index (χ4n) is 3.01. The van der Waals surface area contributed by atoms with Crippen molar-refractivity contribution < 1.29 is 27.5 Å². The number of amides is 1. The van der Waals surface area contributed by atoms with Crippen molar-refractivity contribution in [1.82, 2.24) is 4.31 Å². The third kappa shape index (κ3) is 5.77. The maximum atomic E-state index is 12.8. The van der Waals surface area contributed by atoms with E-state index in [4.69, 9.17) is 4.74 Å². The average molecular weight is 447 g/mol. The van der Waals surface area contributed by atoms with Crippen LogP contribution in [-0.2, 0) is 19.6 Å². The Morgan fingerprint density at radius 1 is 1.03 bits per heavy atom. The summed E-state index contributed by atoms with van der Waals surface area (Å²) in [4.78, 5) is 36.2. The van der Waals surface area contributed by atoms with E-state index < -0.39 is 28.5 Å². The van der Waals surface area contributed by atoms with Crippen LogP contribution in [0.5, 0.6) is 0 Å². The van der Waals surface area contributed by atoms with Gasteiger partial charge in [-0.25, -0.2) is 13.2 Å². The minimum Gasteiger partial charge on any atom is -0.452 e. The second-order valence-electron chi connectivity index (χ2n) is 6.80. The lowest BCUT2D eigenvalue weighted by atomic mass is 10.1. The maximum absolute atomic E-state index is 12.8. The third-order valence-electron chi connectivity index (χ3n) is 4.66. The zero-order chi connectivity index (χ0) is 23.2. The van der Waals surface area contributed by atoms with Gasteiger partial charge in [-0.2, -0.15) is 4.31 Å². The lowest BCUT2D eigenvalue weighted by Crippen LogP contribution is -2.31. The van der Waals surface area contributed by atoms with Crippen LogP contribution >= 0.6 is 0 Å². The molecule has 2 rings (SSSR count). The second kappa shape index (κ2) is 10.3. The van der Waals surface area contributed by atoms with Gasteiger partial charge in [-0.1, -0.05) is 32.0 Å². The molecule has 0 saturated carbocycles. The molecule has 0 aromatic heterocycles. The number of nitrogens with one attached hydrogen (secondary N) is 1. The Hall–Kier alpha value is -3.04. The minimum absolute atomic E-state index is 0.0190. The number of esters is 1. The Bertz CT molecular complexity index is 1090. The topological polar surface area (TPSA) is 110 Å². The smallest absolute Gasteiger partial charge is 0.338 e. The number of ether oxygens (including phenoxy) is 1. The van der Waals surface area contributed by atoms with Crippen LogP contribution in [0.3, 0.4) is 0 Å². The van der Waals surface area contributed by atoms with E-state index in [1.807, 2.05) is 0 Å². The normalized spacial score (nSPS) is 11.3. The lowest BCUT2D eigenvalue weighted by Gasteiger charge is -2.20. The number of rotatable bonds is 9. The molecule has 0 atom stereocenters. The molecule has 9 heteroatoms. The van der Waals surface area contributed by atoms with Crippen molar-refractivity contribution in [3.05, 3.63) is 59.2 Å². The molecule has 31 heavy (non-hydrogen) atoms. The largest absolute Gasteiger partial charge is 0.452 e. The molecule has 0 aliphatic rings. The number of para-hydroxylation sites is 1. The van der Waals surface area contributed by atoms with Gasteiger partial charge in [0.25, 0.3) is 5.91 Å². The van der Waals surface area contributed by atoms with Crippen LogP contribution in [0.15, 0.2) is 47.4 Å². The Kier molecular flexibility index (Phi) is 8.07. The van der Waals surface area contributed by atoms with Crippen LogP contribution in [0, 0.1) is 6.92 Å². The average Bonchev–Trinajstić information content (AvgIpc) is 2.73. The van der Waals surface area contributed by atoms with Gasteiger partial charge in [-0.3, -0.25) is 9.59 Å². The molecule has 2 aromatic rings. The van der Waals surface area contributed by atoms with Gasteiger partial charge in [0.05, 0.1) is 16.1 Å². The first-order valence-electron chi connectivity index (χ1n) is 9.79. The highest BCUT2D eigenvalue weighted by atomic mass is 32.2. The van der Waals surface area contributed by atoms with Crippen molar-refractivity contribution in [3.63, 3.8) is 0 Å². The number of carbonyl (C=O) groups is 3. The number of Topliss-reactive ketones (excluding diaryl/α,β-unsaturated/α-hetero) is 1. The van der Waals surface area contributed by atoms with Gasteiger partial charge >= 0.3 is 5.97 Å². The molecule has 8 nitrogen and oxygen atoms in total. The molecule has 0 fully saturated rings. The SMILES string of the molecule is CCN(CC)S(=O)(=O)c1cc(C(=O)OCC(=O)Nc2ccccc2C(C)=O)ccc1C. The summed E-state index contributed by atoms with van der Waals surface area (Å²) in [5.74, 6) is -1.66. The summed E-state index contributed by atoms with van der Waals surface area (Å²) in [5.41, 5.74) is 1.18. The number of nitrogens with zero attached hydrogens (tertiary/aromatic N) is 1. The molecule has 2 aromatic carbocycles. The Balaban J connectivity index is 2.13. The lowest BCUT2D eigenvalue weighted by molar-refractivity contribution is -0.119. The van der Waals surface area contributed by atoms with E-state index in [-0.39, 0.29) is 16.2 Å². The number of benzene rings is 2. The van der Waals surface area contributed by atoms with Gasteiger partial charge in [0, 0.05) is 18.7 Å². The highest BCUT2D eigenvalue weighted by Crippen LogP contribution is 2.22. The zero-order valence-corrected chi connectivity index (χ0v) is 18.8. The molecular formula is C22H26N2O6S. The third-order valence-corrected chi connectivity index (χ3v) is 6.85. The van der Waals surface area contributed by atoms with Crippen LogP contribution in [0.1, 0.15) is 47.1 Å².